The van der Waals surface area contributed by atoms with Crippen LogP contribution in [0.3, 0.4) is 0 Å². The first-order valence-corrected chi connectivity index (χ1v) is 6.61. The van der Waals surface area contributed by atoms with Crippen LogP contribution in [0, 0.1) is 0 Å². The number of carbonyl (C=O) groups is 2. The minimum atomic E-state index is -0.189. The molecule has 2 rings (SSSR count). The van der Waals surface area contributed by atoms with Crippen molar-refractivity contribution >= 4 is 11.8 Å². The third-order valence-electron chi connectivity index (χ3n) is 3.09. The first-order valence-electron chi connectivity index (χ1n) is 6.61. The van der Waals surface area contributed by atoms with Crippen molar-refractivity contribution in [3.05, 3.63) is 42.5 Å². The van der Waals surface area contributed by atoms with Gasteiger partial charge in [-0.05, 0) is 18.6 Å². The van der Waals surface area contributed by atoms with Gasteiger partial charge in [-0.3, -0.25) is 9.59 Å². The second kappa shape index (κ2) is 6.75. The Morgan fingerprint density at radius 3 is 3.00 bits per heavy atom. The SMILES string of the molecule is C=CCOc1ccccc1C(=O)NC1CCC(=O)NC1. The van der Waals surface area contributed by atoms with E-state index in [2.05, 4.69) is 17.2 Å². The van der Waals surface area contributed by atoms with E-state index in [1.807, 2.05) is 6.07 Å². The van der Waals surface area contributed by atoms with E-state index in [9.17, 15) is 9.59 Å². The Morgan fingerprint density at radius 1 is 1.50 bits per heavy atom. The molecule has 2 amide bonds. The number of ether oxygens (including phenoxy) is 1. The van der Waals surface area contributed by atoms with Crippen LogP contribution in [-0.2, 0) is 4.79 Å². The number of amides is 2. The summed E-state index contributed by atoms with van der Waals surface area (Å²) in [5, 5.41) is 5.65. The summed E-state index contributed by atoms with van der Waals surface area (Å²) in [6.07, 6.45) is 2.73. The fraction of sp³-hybridized carbons (Fsp3) is 0.333. The van der Waals surface area contributed by atoms with E-state index in [0.29, 0.717) is 37.3 Å². The minimum absolute atomic E-state index is 0.0326. The van der Waals surface area contributed by atoms with Crippen molar-refractivity contribution in [2.45, 2.75) is 18.9 Å². The Hall–Kier alpha value is -2.30. The molecule has 106 valence electrons. The number of carbonyl (C=O) groups excluding carboxylic acids is 2. The lowest BCUT2D eigenvalue weighted by Crippen LogP contribution is -2.47. The summed E-state index contributed by atoms with van der Waals surface area (Å²) in [6.45, 7) is 4.41. The highest BCUT2D eigenvalue weighted by molar-refractivity contribution is 5.97. The molecule has 0 radical (unpaired) electrons. The van der Waals surface area contributed by atoms with Crippen molar-refractivity contribution < 1.29 is 14.3 Å². The molecule has 1 aliphatic heterocycles. The van der Waals surface area contributed by atoms with Crippen LogP contribution in [0.15, 0.2) is 36.9 Å². The molecule has 1 fully saturated rings. The van der Waals surface area contributed by atoms with Crippen molar-refractivity contribution in [2.24, 2.45) is 0 Å². The van der Waals surface area contributed by atoms with E-state index in [-0.39, 0.29) is 17.9 Å². The molecule has 1 heterocycles. The number of piperidine rings is 1. The molecule has 1 saturated heterocycles. The summed E-state index contributed by atoms with van der Waals surface area (Å²) < 4.78 is 5.47. The second-order valence-corrected chi connectivity index (χ2v) is 4.61. The van der Waals surface area contributed by atoms with E-state index in [1.165, 1.54) is 0 Å². The second-order valence-electron chi connectivity index (χ2n) is 4.61. The van der Waals surface area contributed by atoms with Crippen molar-refractivity contribution in [2.75, 3.05) is 13.2 Å². The zero-order chi connectivity index (χ0) is 14.4. The maximum Gasteiger partial charge on any atom is 0.255 e. The first kappa shape index (κ1) is 14.1. The molecule has 1 aromatic rings. The summed E-state index contributed by atoms with van der Waals surface area (Å²) in [5.74, 6) is 0.376. The molecule has 5 nitrogen and oxygen atoms in total. The molecule has 20 heavy (non-hydrogen) atoms. The van der Waals surface area contributed by atoms with Gasteiger partial charge in [-0.15, -0.1) is 0 Å². The van der Waals surface area contributed by atoms with Crippen LogP contribution in [0.4, 0.5) is 0 Å². The van der Waals surface area contributed by atoms with Gasteiger partial charge in [0, 0.05) is 19.0 Å². The normalized spacial score (nSPS) is 18.0. The summed E-state index contributed by atoms with van der Waals surface area (Å²) in [7, 11) is 0. The van der Waals surface area contributed by atoms with Gasteiger partial charge in [-0.2, -0.15) is 0 Å². The fourth-order valence-corrected chi connectivity index (χ4v) is 2.05. The monoisotopic (exact) mass is 274 g/mol. The van der Waals surface area contributed by atoms with Gasteiger partial charge < -0.3 is 15.4 Å². The van der Waals surface area contributed by atoms with Crippen molar-refractivity contribution in [1.29, 1.82) is 0 Å². The first-order chi connectivity index (χ1) is 9.70. The molecule has 2 N–H and O–H groups in total. The van der Waals surface area contributed by atoms with Gasteiger partial charge in [0.2, 0.25) is 5.91 Å². The van der Waals surface area contributed by atoms with Crippen LogP contribution >= 0.6 is 0 Å². The summed E-state index contributed by atoms with van der Waals surface area (Å²) >= 11 is 0. The number of nitrogens with one attached hydrogen (secondary N) is 2. The molecule has 0 saturated carbocycles. The molecule has 0 spiro atoms. The molecule has 0 bridgehead atoms. The van der Waals surface area contributed by atoms with Crippen LogP contribution in [0.25, 0.3) is 0 Å². The molecule has 1 unspecified atom stereocenters. The quantitative estimate of drug-likeness (QED) is 0.794. The molecular formula is C15H18N2O3. The third kappa shape index (κ3) is 3.60. The number of hydrogen-bond donors (Lipinski definition) is 2. The van der Waals surface area contributed by atoms with E-state index in [4.69, 9.17) is 4.74 Å². The van der Waals surface area contributed by atoms with E-state index in [0.717, 1.165) is 0 Å². The number of rotatable bonds is 5. The van der Waals surface area contributed by atoms with E-state index in [1.54, 1.807) is 24.3 Å². The number of benzene rings is 1. The predicted octanol–water partition coefficient (Wildman–Crippen LogP) is 1.26. The topological polar surface area (TPSA) is 67.4 Å². The van der Waals surface area contributed by atoms with E-state index >= 15 is 0 Å². The largest absolute Gasteiger partial charge is 0.489 e. The van der Waals surface area contributed by atoms with Gasteiger partial charge >= 0.3 is 0 Å². The molecule has 1 aromatic carbocycles. The van der Waals surface area contributed by atoms with Crippen molar-refractivity contribution in [3.63, 3.8) is 0 Å². The van der Waals surface area contributed by atoms with Crippen LogP contribution in [0.2, 0.25) is 0 Å². The summed E-state index contributed by atoms with van der Waals surface area (Å²) in [5.41, 5.74) is 0.492. The minimum Gasteiger partial charge on any atom is -0.489 e. The maximum atomic E-state index is 12.2. The lowest BCUT2D eigenvalue weighted by molar-refractivity contribution is -0.122. The number of para-hydroxylation sites is 1. The Morgan fingerprint density at radius 2 is 2.30 bits per heavy atom. The lowest BCUT2D eigenvalue weighted by Gasteiger charge is -2.23. The van der Waals surface area contributed by atoms with E-state index < -0.39 is 0 Å². The highest BCUT2D eigenvalue weighted by Gasteiger charge is 2.21. The van der Waals surface area contributed by atoms with Crippen molar-refractivity contribution in [3.8, 4) is 5.75 Å². The molecular weight excluding hydrogens is 256 g/mol. The summed E-state index contributed by atoms with van der Waals surface area (Å²) in [4.78, 5) is 23.3. The fourth-order valence-electron chi connectivity index (χ4n) is 2.05. The Balaban J connectivity index is 2.01. The average molecular weight is 274 g/mol. The van der Waals surface area contributed by atoms with Crippen LogP contribution < -0.4 is 15.4 Å². The average Bonchev–Trinajstić information content (AvgIpc) is 2.47. The zero-order valence-corrected chi connectivity index (χ0v) is 11.2. The van der Waals surface area contributed by atoms with Crippen molar-refractivity contribution in [1.82, 2.24) is 10.6 Å². The predicted molar refractivity (Wildman–Crippen MR) is 75.6 cm³/mol. The highest BCUT2D eigenvalue weighted by Crippen LogP contribution is 2.18. The smallest absolute Gasteiger partial charge is 0.255 e. The Kier molecular flexibility index (Phi) is 4.76. The standard InChI is InChI=1S/C15H18N2O3/c1-2-9-20-13-6-4-3-5-12(13)15(19)17-11-7-8-14(18)16-10-11/h2-6,11H,1,7-10H2,(H,16,18)(H,17,19). The molecule has 5 heteroatoms. The van der Waals surface area contributed by atoms with Gasteiger partial charge in [0.1, 0.15) is 12.4 Å². The zero-order valence-electron chi connectivity index (χ0n) is 11.2. The number of hydrogen-bond acceptors (Lipinski definition) is 3. The molecule has 1 aliphatic rings. The molecule has 1 atom stereocenters. The van der Waals surface area contributed by atoms with Gasteiger partial charge in [-0.25, -0.2) is 0 Å². The van der Waals surface area contributed by atoms with Crippen LogP contribution in [0.1, 0.15) is 23.2 Å². The van der Waals surface area contributed by atoms with Crippen LogP contribution in [0.5, 0.6) is 5.75 Å². The Bertz CT molecular complexity index is 504. The van der Waals surface area contributed by atoms with Gasteiger partial charge in [-0.1, -0.05) is 24.8 Å². The highest BCUT2D eigenvalue weighted by atomic mass is 16.5. The lowest BCUT2D eigenvalue weighted by atomic mass is 10.1. The van der Waals surface area contributed by atoms with Crippen LogP contribution in [-0.4, -0.2) is 31.0 Å². The van der Waals surface area contributed by atoms with Gasteiger partial charge in [0.25, 0.3) is 5.91 Å². The summed E-state index contributed by atoms with van der Waals surface area (Å²) in [6, 6.07) is 7.04. The third-order valence-corrected chi connectivity index (χ3v) is 3.09. The molecule has 0 aliphatic carbocycles. The van der Waals surface area contributed by atoms with Gasteiger partial charge in [0.05, 0.1) is 5.56 Å². The Labute approximate surface area is 118 Å². The van der Waals surface area contributed by atoms with Gasteiger partial charge in [0.15, 0.2) is 0 Å². The molecule has 0 aromatic heterocycles. The maximum absolute atomic E-state index is 12.2.